The fraction of sp³-hybridized carbons (Fsp3) is 0.200. The first-order valence-electron chi connectivity index (χ1n) is 10.2. The Kier molecular flexibility index (Phi) is 4.71. The summed E-state index contributed by atoms with van der Waals surface area (Å²) in [5.74, 6) is 1.72. The first-order valence-corrected chi connectivity index (χ1v) is 10.2. The first kappa shape index (κ1) is 18.4. The third-order valence-corrected chi connectivity index (χ3v) is 5.32. The maximum absolute atomic E-state index is 6.00. The summed E-state index contributed by atoms with van der Waals surface area (Å²) in [4.78, 5) is 9.92. The smallest absolute Gasteiger partial charge is 0.160 e. The van der Waals surface area contributed by atoms with Gasteiger partial charge in [-0.25, -0.2) is 9.97 Å². The molecule has 0 spiro atoms. The predicted octanol–water partition coefficient (Wildman–Crippen LogP) is 5.58. The molecule has 30 heavy (non-hydrogen) atoms. The van der Waals surface area contributed by atoms with Gasteiger partial charge in [0.15, 0.2) is 5.65 Å². The van der Waals surface area contributed by atoms with Crippen LogP contribution in [0.5, 0.6) is 11.5 Å². The number of aromatic nitrogens is 3. The highest BCUT2D eigenvalue weighted by atomic mass is 16.5. The van der Waals surface area contributed by atoms with Crippen molar-refractivity contribution in [3.63, 3.8) is 0 Å². The Hall–Kier alpha value is -3.60. The Morgan fingerprint density at radius 2 is 1.67 bits per heavy atom. The van der Waals surface area contributed by atoms with Crippen molar-refractivity contribution in [2.45, 2.75) is 19.9 Å². The van der Waals surface area contributed by atoms with Crippen LogP contribution in [0.2, 0.25) is 0 Å². The number of rotatable bonds is 6. The van der Waals surface area contributed by atoms with Gasteiger partial charge in [-0.3, -0.25) is 0 Å². The normalized spacial score (nSPS) is 11.4. The fourth-order valence-corrected chi connectivity index (χ4v) is 3.86. The van der Waals surface area contributed by atoms with Crippen molar-refractivity contribution in [2.75, 3.05) is 13.7 Å². The van der Waals surface area contributed by atoms with Gasteiger partial charge < -0.3 is 14.0 Å². The highest BCUT2D eigenvalue weighted by Crippen LogP contribution is 2.32. The summed E-state index contributed by atoms with van der Waals surface area (Å²) in [5, 5.41) is 1.04. The van der Waals surface area contributed by atoms with Crippen molar-refractivity contribution in [2.24, 2.45) is 0 Å². The van der Waals surface area contributed by atoms with Gasteiger partial charge in [-0.2, -0.15) is 0 Å². The molecule has 0 amide bonds. The molecule has 5 nitrogen and oxygen atoms in total. The zero-order valence-corrected chi connectivity index (χ0v) is 17.1. The summed E-state index contributed by atoms with van der Waals surface area (Å²) < 4.78 is 13.7. The molecular weight excluding hydrogens is 374 g/mol. The number of para-hydroxylation sites is 3. The summed E-state index contributed by atoms with van der Waals surface area (Å²) in [6, 6.07) is 22.3. The molecule has 0 N–H and O–H groups in total. The van der Waals surface area contributed by atoms with E-state index in [-0.39, 0.29) is 0 Å². The average Bonchev–Trinajstić information content (AvgIpc) is 3.09. The molecule has 2 heterocycles. The van der Waals surface area contributed by atoms with E-state index in [4.69, 9.17) is 19.4 Å². The second kappa shape index (κ2) is 7.67. The summed E-state index contributed by atoms with van der Waals surface area (Å²) >= 11 is 0. The minimum absolute atomic E-state index is 0.652. The molecule has 0 saturated carbocycles. The number of fused-ring (bicyclic) bond motifs is 4. The molecule has 0 aliphatic carbocycles. The first-order chi connectivity index (χ1) is 14.8. The molecule has 150 valence electrons. The molecule has 0 bridgehead atoms. The number of benzene rings is 3. The molecule has 2 aromatic heterocycles. The molecule has 5 rings (SSSR count). The van der Waals surface area contributed by atoms with Crippen LogP contribution in [-0.4, -0.2) is 28.3 Å². The fourth-order valence-electron chi connectivity index (χ4n) is 3.86. The van der Waals surface area contributed by atoms with Gasteiger partial charge in [-0.05, 0) is 42.8 Å². The van der Waals surface area contributed by atoms with Crippen molar-refractivity contribution < 1.29 is 9.47 Å². The lowest BCUT2D eigenvalue weighted by Crippen LogP contribution is -2.05. The lowest BCUT2D eigenvalue weighted by atomic mass is 10.2. The molecule has 0 radical (unpaired) electrons. The van der Waals surface area contributed by atoms with Crippen LogP contribution in [0, 0.1) is 0 Å². The van der Waals surface area contributed by atoms with E-state index in [1.54, 1.807) is 7.11 Å². The lowest BCUT2D eigenvalue weighted by molar-refractivity contribution is 0.313. The van der Waals surface area contributed by atoms with Crippen LogP contribution < -0.4 is 9.47 Å². The van der Waals surface area contributed by atoms with Crippen LogP contribution in [0.1, 0.15) is 18.9 Å². The highest BCUT2D eigenvalue weighted by molar-refractivity contribution is 6.07. The summed E-state index contributed by atoms with van der Waals surface area (Å²) in [5.41, 5.74) is 5.72. The SMILES string of the molecule is CCCOc1ccccc1Cn1c2ccc(OC)cc2c2nc3ccccc3nc21. The largest absolute Gasteiger partial charge is 0.497 e. The topological polar surface area (TPSA) is 49.2 Å². The van der Waals surface area contributed by atoms with E-state index in [0.29, 0.717) is 13.2 Å². The van der Waals surface area contributed by atoms with Crippen molar-refractivity contribution in [1.29, 1.82) is 0 Å². The van der Waals surface area contributed by atoms with Crippen molar-refractivity contribution in [1.82, 2.24) is 14.5 Å². The molecule has 0 aliphatic heterocycles. The third kappa shape index (κ3) is 3.12. The van der Waals surface area contributed by atoms with E-state index in [1.165, 1.54) is 0 Å². The molecule has 0 aliphatic rings. The van der Waals surface area contributed by atoms with Crippen LogP contribution in [0.15, 0.2) is 66.7 Å². The Morgan fingerprint density at radius 1 is 0.900 bits per heavy atom. The van der Waals surface area contributed by atoms with E-state index >= 15 is 0 Å². The summed E-state index contributed by atoms with van der Waals surface area (Å²) in [7, 11) is 1.68. The van der Waals surface area contributed by atoms with Crippen molar-refractivity contribution in [3.8, 4) is 11.5 Å². The van der Waals surface area contributed by atoms with E-state index in [9.17, 15) is 0 Å². The van der Waals surface area contributed by atoms with E-state index in [2.05, 4.69) is 23.6 Å². The second-order valence-electron chi connectivity index (χ2n) is 7.31. The second-order valence-corrected chi connectivity index (χ2v) is 7.31. The predicted molar refractivity (Wildman–Crippen MR) is 120 cm³/mol. The zero-order valence-electron chi connectivity index (χ0n) is 17.1. The van der Waals surface area contributed by atoms with Crippen LogP contribution >= 0.6 is 0 Å². The van der Waals surface area contributed by atoms with Crippen molar-refractivity contribution >= 4 is 33.1 Å². The Balaban J connectivity index is 1.75. The number of ether oxygens (including phenoxy) is 2. The number of nitrogens with zero attached hydrogens (tertiary/aromatic N) is 3. The number of hydrogen-bond donors (Lipinski definition) is 0. The maximum Gasteiger partial charge on any atom is 0.160 e. The van der Waals surface area contributed by atoms with Crippen LogP contribution in [-0.2, 0) is 6.54 Å². The Labute approximate surface area is 174 Å². The van der Waals surface area contributed by atoms with Crippen molar-refractivity contribution in [3.05, 3.63) is 72.3 Å². The highest BCUT2D eigenvalue weighted by Gasteiger charge is 2.17. The number of hydrogen-bond acceptors (Lipinski definition) is 4. The third-order valence-electron chi connectivity index (χ3n) is 5.32. The minimum atomic E-state index is 0.652. The van der Waals surface area contributed by atoms with Gasteiger partial charge in [0, 0.05) is 10.9 Å². The van der Waals surface area contributed by atoms with Gasteiger partial charge in [0.1, 0.15) is 17.0 Å². The van der Waals surface area contributed by atoms with Gasteiger partial charge in [0.25, 0.3) is 0 Å². The van der Waals surface area contributed by atoms with E-state index in [1.807, 2.05) is 54.6 Å². The van der Waals surface area contributed by atoms with E-state index in [0.717, 1.165) is 56.6 Å². The van der Waals surface area contributed by atoms with E-state index < -0.39 is 0 Å². The molecule has 5 aromatic rings. The maximum atomic E-state index is 6.00. The monoisotopic (exact) mass is 397 g/mol. The van der Waals surface area contributed by atoms with Gasteiger partial charge in [-0.15, -0.1) is 0 Å². The zero-order chi connectivity index (χ0) is 20.5. The molecule has 0 unspecified atom stereocenters. The Bertz CT molecular complexity index is 1360. The minimum Gasteiger partial charge on any atom is -0.497 e. The Morgan fingerprint density at radius 3 is 2.47 bits per heavy atom. The van der Waals surface area contributed by atoms with Crippen LogP contribution in [0.25, 0.3) is 33.1 Å². The molecule has 0 atom stereocenters. The van der Waals surface area contributed by atoms with Gasteiger partial charge in [0.05, 0.1) is 36.8 Å². The molecule has 3 aromatic carbocycles. The van der Waals surface area contributed by atoms with Gasteiger partial charge in [0.2, 0.25) is 0 Å². The van der Waals surface area contributed by atoms with Gasteiger partial charge >= 0.3 is 0 Å². The summed E-state index contributed by atoms with van der Waals surface area (Å²) in [6.45, 7) is 3.47. The van der Waals surface area contributed by atoms with Crippen LogP contribution in [0.3, 0.4) is 0 Å². The molecule has 5 heteroatoms. The lowest BCUT2D eigenvalue weighted by Gasteiger charge is -2.13. The molecule has 0 fully saturated rings. The quantitative estimate of drug-likeness (QED) is 0.375. The molecular formula is C25H23N3O2. The standard InChI is InChI=1S/C25H23N3O2/c1-3-14-30-23-11-7-4-8-17(23)16-28-22-13-12-18(29-2)15-19(22)24-25(28)27-21-10-6-5-9-20(21)26-24/h4-13,15H,3,14,16H2,1-2H3. The average molecular weight is 397 g/mol. The van der Waals surface area contributed by atoms with Crippen LogP contribution in [0.4, 0.5) is 0 Å². The number of methoxy groups -OCH3 is 1. The summed E-state index contributed by atoms with van der Waals surface area (Å²) in [6.07, 6.45) is 0.973. The van der Waals surface area contributed by atoms with Gasteiger partial charge in [-0.1, -0.05) is 37.3 Å². The molecule has 0 saturated heterocycles.